The van der Waals surface area contributed by atoms with Crippen molar-refractivity contribution in [2.75, 3.05) is 13.2 Å². The average Bonchev–Trinajstić information content (AvgIpc) is 2.90. The van der Waals surface area contributed by atoms with Gasteiger partial charge >= 0.3 is 0 Å². The second-order valence-corrected chi connectivity index (χ2v) is 8.01. The second-order valence-electron chi connectivity index (χ2n) is 8.01. The average molecular weight is 455 g/mol. The first-order valence-corrected chi connectivity index (χ1v) is 11.6. The minimum atomic E-state index is -1.92. The quantitative estimate of drug-likeness (QED) is 0.343. The van der Waals surface area contributed by atoms with E-state index in [-0.39, 0.29) is 0 Å². The van der Waals surface area contributed by atoms with Crippen LogP contribution in [-0.4, -0.2) is 23.4 Å². The van der Waals surface area contributed by atoms with Crippen molar-refractivity contribution in [1.29, 1.82) is 0 Å². The van der Waals surface area contributed by atoms with Crippen LogP contribution in [-0.2, 0) is 11.2 Å². The van der Waals surface area contributed by atoms with Crippen LogP contribution >= 0.6 is 0 Å². The molecule has 0 aliphatic carbocycles. The van der Waals surface area contributed by atoms with Gasteiger partial charge in [-0.3, -0.25) is 0 Å². The maximum atomic E-state index is 12.9. The summed E-state index contributed by atoms with van der Waals surface area (Å²) in [6, 6.07) is 33.1. The maximum absolute atomic E-state index is 12.9. The van der Waals surface area contributed by atoms with E-state index in [1.807, 2.05) is 111 Å². The van der Waals surface area contributed by atoms with Crippen LogP contribution in [0.1, 0.15) is 36.1 Å². The molecule has 0 unspecified atom stereocenters. The Bertz CT molecular complexity index is 1110. The molecule has 0 aliphatic heterocycles. The van der Waals surface area contributed by atoms with Gasteiger partial charge < -0.3 is 19.7 Å². The summed E-state index contributed by atoms with van der Waals surface area (Å²) in [6.07, 6.45) is 0. The molecule has 174 valence electrons. The van der Waals surface area contributed by atoms with E-state index in [2.05, 4.69) is 0 Å². The Morgan fingerprint density at radius 3 is 1.18 bits per heavy atom. The summed E-state index contributed by atoms with van der Waals surface area (Å²) < 4.78 is 11.9. The van der Waals surface area contributed by atoms with Crippen LogP contribution in [0.15, 0.2) is 109 Å². The second kappa shape index (κ2) is 10.1. The van der Waals surface area contributed by atoms with Crippen LogP contribution in [0.25, 0.3) is 0 Å². The van der Waals surface area contributed by atoms with Crippen molar-refractivity contribution >= 4 is 0 Å². The van der Waals surface area contributed by atoms with Gasteiger partial charge in [0.1, 0.15) is 11.5 Å². The summed E-state index contributed by atoms with van der Waals surface area (Å²) in [5.74, 6) is 0.999. The Balaban J connectivity index is 2.14. The minimum absolute atomic E-state index is 0.418. The van der Waals surface area contributed by atoms with E-state index in [1.165, 1.54) is 0 Å². The van der Waals surface area contributed by atoms with E-state index in [9.17, 15) is 10.2 Å². The minimum Gasteiger partial charge on any atom is -0.493 e. The Morgan fingerprint density at radius 1 is 0.500 bits per heavy atom. The van der Waals surface area contributed by atoms with E-state index >= 15 is 0 Å². The monoisotopic (exact) mass is 454 g/mol. The molecular weight excluding hydrogens is 424 g/mol. The first-order valence-electron chi connectivity index (χ1n) is 11.6. The van der Waals surface area contributed by atoms with E-state index in [4.69, 9.17) is 9.47 Å². The maximum Gasteiger partial charge on any atom is 0.155 e. The van der Waals surface area contributed by atoms with E-state index in [1.54, 1.807) is 12.1 Å². The first-order chi connectivity index (χ1) is 16.6. The number of aliphatic hydroxyl groups is 2. The molecule has 0 heterocycles. The van der Waals surface area contributed by atoms with Gasteiger partial charge in [-0.1, -0.05) is 97.1 Å². The lowest BCUT2D eigenvalue weighted by atomic mass is 9.66. The highest BCUT2D eigenvalue weighted by atomic mass is 16.5. The molecule has 0 amide bonds. The van der Waals surface area contributed by atoms with Gasteiger partial charge in [-0.25, -0.2) is 0 Å². The topological polar surface area (TPSA) is 58.9 Å². The van der Waals surface area contributed by atoms with E-state index in [0.29, 0.717) is 47.0 Å². The smallest absolute Gasteiger partial charge is 0.155 e. The van der Waals surface area contributed by atoms with Gasteiger partial charge in [0.25, 0.3) is 0 Å². The fourth-order valence-corrected chi connectivity index (χ4v) is 4.57. The van der Waals surface area contributed by atoms with Gasteiger partial charge in [0.15, 0.2) is 11.2 Å². The fourth-order valence-electron chi connectivity index (χ4n) is 4.57. The van der Waals surface area contributed by atoms with Crippen LogP contribution in [0.4, 0.5) is 0 Å². The summed E-state index contributed by atoms with van der Waals surface area (Å²) >= 11 is 0. The SMILES string of the molecule is CCOc1ccccc1[C@](O)(c1ccccc1)[C@@](O)(c1ccccc1)c1ccccc1OCC. The number of para-hydroxylation sites is 2. The molecule has 0 aromatic heterocycles. The van der Waals surface area contributed by atoms with Gasteiger partial charge in [-0.2, -0.15) is 0 Å². The zero-order valence-corrected chi connectivity index (χ0v) is 19.5. The summed E-state index contributed by atoms with van der Waals surface area (Å²) in [6.45, 7) is 4.63. The Labute approximate surface area is 201 Å². The molecule has 2 N–H and O–H groups in total. The highest BCUT2D eigenvalue weighted by Gasteiger charge is 2.56. The van der Waals surface area contributed by atoms with Crippen LogP contribution in [0.3, 0.4) is 0 Å². The molecule has 4 nitrogen and oxygen atoms in total. The molecule has 0 fully saturated rings. The lowest BCUT2D eigenvalue weighted by Crippen LogP contribution is -2.51. The van der Waals surface area contributed by atoms with Crippen molar-refractivity contribution in [3.63, 3.8) is 0 Å². The molecule has 4 aromatic carbocycles. The molecule has 0 bridgehead atoms. The molecular formula is C30H30O4. The highest BCUT2D eigenvalue weighted by Crippen LogP contribution is 2.53. The van der Waals surface area contributed by atoms with Gasteiger partial charge in [0.2, 0.25) is 0 Å². The summed E-state index contributed by atoms with van der Waals surface area (Å²) in [4.78, 5) is 0. The number of hydrogen-bond donors (Lipinski definition) is 2. The van der Waals surface area contributed by atoms with E-state index in [0.717, 1.165) is 0 Å². The van der Waals surface area contributed by atoms with Gasteiger partial charge in [0.05, 0.1) is 13.2 Å². The predicted molar refractivity (Wildman–Crippen MR) is 134 cm³/mol. The lowest BCUT2D eigenvalue weighted by molar-refractivity contribution is -0.115. The summed E-state index contributed by atoms with van der Waals surface area (Å²) in [5, 5.41) is 25.8. The summed E-state index contributed by atoms with van der Waals surface area (Å²) in [5.41, 5.74) is -1.87. The van der Waals surface area contributed by atoms with Crippen molar-refractivity contribution in [3.05, 3.63) is 131 Å². The third kappa shape index (κ3) is 3.96. The third-order valence-corrected chi connectivity index (χ3v) is 6.06. The summed E-state index contributed by atoms with van der Waals surface area (Å²) in [7, 11) is 0. The van der Waals surface area contributed by atoms with Gasteiger partial charge in [-0.15, -0.1) is 0 Å². The Morgan fingerprint density at radius 2 is 0.824 bits per heavy atom. The number of benzene rings is 4. The standard InChI is InChI=1S/C30H30O4/c1-3-33-27-21-13-11-19-25(27)29(31,23-15-7-5-8-16-23)30(32,24-17-9-6-10-18-24)26-20-12-14-22-28(26)34-4-2/h5-22,31-32H,3-4H2,1-2H3/t29-,30-/m1/s1. The van der Waals surface area contributed by atoms with Crippen LogP contribution < -0.4 is 9.47 Å². The zero-order valence-electron chi connectivity index (χ0n) is 19.5. The van der Waals surface area contributed by atoms with Crippen molar-refractivity contribution in [2.45, 2.75) is 25.0 Å². The molecule has 0 radical (unpaired) electrons. The Hall–Kier alpha value is -3.60. The number of hydrogen-bond acceptors (Lipinski definition) is 4. The predicted octanol–water partition coefficient (Wildman–Crippen LogP) is 5.66. The highest BCUT2D eigenvalue weighted by molar-refractivity contribution is 5.57. The van der Waals surface area contributed by atoms with Crippen LogP contribution in [0.5, 0.6) is 11.5 Å². The lowest BCUT2D eigenvalue weighted by Gasteiger charge is -2.46. The molecule has 0 spiro atoms. The molecule has 0 saturated carbocycles. The first kappa shape index (κ1) is 23.6. The zero-order chi connectivity index (χ0) is 24.0. The number of ether oxygens (including phenoxy) is 2. The van der Waals surface area contributed by atoms with Gasteiger partial charge in [0, 0.05) is 11.1 Å². The van der Waals surface area contributed by atoms with Crippen molar-refractivity contribution in [3.8, 4) is 11.5 Å². The van der Waals surface area contributed by atoms with E-state index < -0.39 is 11.2 Å². The molecule has 34 heavy (non-hydrogen) atoms. The van der Waals surface area contributed by atoms with Crippen molar-refractivity contribution in [1.82, 2.24) is 0 Å². The molecule has 4 rings (SSSR count). The third-order valence-electron chi connectivity index (χ3n) is 6.06. The number of rotatable bonds is 9. The molecule has 4 aromatic rings. The Kier molecular flexibility index (Phi) is 7.01. The molecule has 0 aliphatic rings. The van der Waals surface area contributed by atoms with Crippen molar-refractivity contribution < 1.29 is 19.7 Å². The fraction of sp³-hybridized carbons (Fsp3) is 0.200. The molecule has 0 saturated heterocycles. The van der Waals surface area contributed by atoms with Crippen LogP contribution in [0.2, 0.25) is 0 Å². The van der Waals surface area contributed by atoms with Gasteiger partial charge in [-0.05, 0) is 37.1 Å². The normalized spacial score (nSPS) is 14.6. The molecule has 4 heteroatoms. The molecule has 2 atom stereocenters. The largest absolute Gasteiger partial charge is 0.493 e. The van der Waals surface area contributed by atoms with Crippen LogP contribution in [0, 0.1) is 0 Å². The van der Waals surface area contributed by atoms with Crippen molar-refractivity contribution in [2.24, 2.45) is 0 Å².